The van der Waals surface area contributed by atoms with Gasteiger partial charge in [-0.3, -0.25) is 0 Å². The molecule has 4 nitrogen and oxygen atoms in total. The Balaban J connectivity index is 1.57. The molecule has 0 bridgehead atoms. The number of hydrogen-bond donors (Lipinski definition) is 3. The summed E-state index contributed by atoms with van der Waals surface area (Å²) in [6.07, 6.45) is 0.893. The third-order valence-corrected chi connectivity index (χ3v) is 3.52. The van der Waals surface area contributed by atoms with Crippen molar-refractivity contribution in [2.45, 2.75) is 12.5 Å². The van der Waals surface area contributed by atoms with Crippen molar-refractivity contribution < 1.29 is 14.9 Å². The molecule has 0 radical (unpaired) electrons. The topological polar surface area (TPSA) is 61.7 Å². The monoisotopic (exact) mass is 271 g/mol. The third kappa shape index (κ3) is 2.70. The maximum atomic E-state index is 9.41. The van der Waals surface area contributed by atoms with Gasteiger partial charge in [0.15, 0.2) is 0 Å². The number of aromatic hydroxyl groups is 2. The normalized spacial score (nSPS) is 16.7. The number of phenolic OH excluding ortho intramolecular Hbond substituents is 2. The summed E-state index contributed by atoms with van der Waals surface area (Å²) in [6.45, 7) is 1.42. The lowest BCUT2D eigenvalue weighted by molar-refractivity contribution is 0.311. The van der Waals surface area contributed by atoms with Crippen LogP contribution in [-0.2, 0) is 6.42 Å². The van der Waals surface area contributed by atoms with Crippen LogP contribution >= 0.6 is 0 Å². The van der Waals surface area contributed by atoms with E-state index in [0.29, 0.717) is 12.4 Å². The first kappa shape index (κ1) is 12.8. The van der Waals surface area contributed by atoms with Crippen LogP contribution in [0.3, 0.4) is 0 Å². The van der Waals surface area contributed by atoms with Gasteiger partial charge in [-0.05, 0) is 42.8 Å². The summed E-state index contributed by atoms with van der Waals surface area (Å²) >= 11 is 0. The Kier molecular flexibility index (Phi) is 3.48. The fourth-order valence-corrected chi connectivity index (χ4v) is 2.42. The smallest absolute Gasteiger partial charge is 0.127 e. The van der Waals surface area contributed by atoms with Gasteiger partial charge < -0.3 is 20.3 Å². The SMILES string of the molecule is Oc1ccc(CCNC2COc3cc(O)ccc32)cc1. The standard InChI is InChI=1S/C16H17NO3/c18-12-3-1-11(2-4-12)7-8-17-15-10-20-16-9-13(19)5-6-14(15)16/h1-6,9,15,17-19H,7-8,10H2. The minimum absolute atomic E-state index is 0.169. The summed E-state index contributed by atoms with van der Waals surface area (Å²) < 4.78 is 5.55. The van der Waals surface area contributed by atoms with E-state index in [-0.39, 0.29) is 11.8 Å². The van der Waals surface area contributed by atoms with Crippen LogP contribution in [0.4, 0.5) is 0 Å². The van der Waals surface area contributed by atoms with Crippen molar-refractivity contribution in [1.82, 2.24) is 5.32 Å². The van der Waals surface area contributed by atoms with Crippen LogP contribution in [0.15, 0.2) is 42.5 Å². The minimum atomic E-state index is 0.169. The van der Waals surface area contributed by atoms with Gasteiger partial charge in [-0.2, -0.15) is 0 Å². The summed E-state index contributed by atoms with van der Waals surface area (Å²) in [4.78, 5) is 0. The molecule has 1 aliphatic heterocycles. The fourth-order valence-electron chi connectivity index (χ4n) is 2.42. The molecule has 0 spiro atoms. The van der Waals surface area contributed by atoms with Crippen molar-refractivity contribution in [2.24, 2.45) is 0 Å². The highest BCUT2D eigenvalue weighted by Gasteiger charge is 2.23. The lowest BCUT2D eigenvalue weighted by Crippen LogP contribution is -2.24. The van der Waals surface area contributed by atoms with Crippen molar-refractivity contribution in [3.05, 3.63) is 53.6 Å². The molecule has 0 saturated carbocycles. The van der Waals surface area contributed by atoms with Crippen LogP contribution < -0.4 is 10.1 Å². The minimum Gasteiger partial charge on any atom is -0.508 e. The molecule has 0 aromatic heterocycles. The van der Waals surface area contributed by atoms with Crippen LogP contribution in [0.25, 0.3) is 0 Å². The summed E-state index contributed by atoms with van der Waals surface area (Å²) in [7, 11) is 0. The molecule has 0 fully saturated rings. The predicted molar refractivity (Wildman–Crippen MR) is 76.2 cm³/mol. The number of rotatable bonds is 4. The number of nitrogens with one attached hydrogen (secondary N) is 1. The molecule has 20 heavy (non-hydrogen) atoms. The van der Waals surface area contributed by atoms with Gasteiger partial charge in [0.25, 0.3) is 0 Å². The van der Waals surface area contributed by atoms with E-state index in [1.54, 1.807) is 24.3 Å². The second-order valence-electron chi connectivity index (χ2n) is 4.96. The van der Waals surface area contributed by atoms with Crippen LogP contribution in [0.2, 0.25) is 0 Å². The van der Waals surface area contributed by atoms with Gasteiger partial charge in [-0.15, -0.1) is 0 Å². The average Bonchev–Trinajstić information content (AvgIpc) is 2.83. The van der Waals surface area contributed by atoms with Crippen molar-refractivity contribution in [2.75, 3.05) is 13.2 Å². The van der Waals surface area contributed by atoms with Crippen molar-refractivity contribution in [3.63, 3.8) is 0 Å². The quantitative estimate of drug-likeness (QED) is 0.799. The Hall–Kier alpha value is -2.20. The van der Waals surface area contributed by atoms with Crippen molar-refractivity contribution in [1.29, 1.82) is 0 Å². The van der Waals surface area contributed by atoms with E-state index in [2.05, 4.69) is 5.32 Å². The Labute approximate surface area is 117 Å². The molecule has 3 N–H and O–H groups in total. The molecule has 0 aliphatic carbocycles. The van der Waals surface area contributed by atoms with E-state index in [9.17, 15) is 10.2 Å². The lowest BCUT2D eigenvalue weighted by atomic mass is 10.1. The first-order valence-electron chi connectivity index (χ1n) is 6.69. The Morgan fingerprint density at radius 3 is 2.60 bits per heavy atom. The second-order valence-corrected chi connectivity index (χ2v) is 4.96. The molecule has 3 rings (SSSR count). The fraction of sp³-hybridized carbons (Fsp3) is 0.250. The van der Waals surface area contributed by atoms with E-state index in [1.807, 2.05) is 18.2 Å². The summed E-state index contributed by atoms with van der Waals surface area (Å²) in [5, 5.41) is 22.1. The van der Waals surface area contributed by atoms with Gasteiger partial charge in [-0.1, -0.05) is 12.1 Å². The number of fused-ring (bicyclic) bond motifs is 1. The highest BCUT2D eigenvalue weighted by molar-refractivity contribution is 5.44. The van der Waals surface area contributed by atoms with Gasteiger partial charge >= 0.3 is 0 Å². The van der Waals surface area contributed by atoms with Gasteiger partial charge in [0.2, 0.25) is 0 Å². The molecule has 1 heterocycles. The van der Waals surface area contributed by atoms with Crippen LogP contribution in [-0.4, -0.2) is 23.4 Å². The molecule has 4 heteroatoms. The largest absolute Gasteiger partial charge is 0.508 e. The Morgan fingerprint density at radius 2 is 1.80 bits per heavy atom. The van der Waals surface area contributed by atoms with E-state index in [1.165, 1.54) is 5.56 Å². The molecule has 1 atom stereocenters. The van der Waals surface area contributed by atoms with Gasteiger partial charge in [0, 0.05) is 11.6 Å². The summed E-state index contributed by atoms with van der Waals surface area (Å²) in [5.74, 6) is 1.28. The highest BCUT2D eigenvalue weighted by atomic mass is 16.5. The van der Waals surface area contributed by atoms with E-state index >= 15 is 0 Å². The van der Waals surface area contributed by atoms with E-state index in [4.69, 9.17) is 4.74 Å². The molecule has 2 aromatic carbocycles. The van der Waals surface area contributed by atoms with Crippen LogP contribution in [0.5, 0.6) is 17.2 Å². The van der Waals surface area contributed by atoms with Crippen LogP contribution in [0, 0.1) is 0 Å². The first-order valence-corrected chi connectivity index (χ1v) is 6.69. The number of phenols is 2. The zero-order valence-corrected chi connectivity index (χ0v) is 11.0. The van der Waals surface area contributed by atoms with Crippen molar-refractivity contribution >= 4 is 0 Å². The maximum absolute atomic E-state index is 9.41. The molecule has 104 valence electrons. The number of hydrogen-bond acceptors (Lipinski definition) is 4. The van der Waals surface area contributed by atoms with Crippen molar-refractivity contribution in [3.8, 4) is 17.2 Å². The molecular formula is C16H17NO3. The van der Waals surface area contributed by atoms with Gasteiger partial charge in [0.05, 0.1) is 6.04 Å². The maximum Gasteiger partial charge on any atom is 0.127 e. The molecule has 2 aromatic rings. The van der Waals surface area contributed by atoms with E-state index < -0.39 is 0 Å². The lowest BCUT2D eigenvalue weighted by Gasteiger charge is -2.11. The molecule has 1 aliphatic rings. The Morgan fingerprint density at radius 1 is 1.05 bits per heavy atom. The predicted octanol–water partition coefficient (Wildman–Crippen LogP) is 2.36. The summed E-state index contributed by atoms with van der Waals surface area (Å²) in [5.41, 5.74) is 2.27. The third-order valence-electron chi connectivity index (χ3n) is 3.52. The van der Waals surface area contributed by atoms with Gasteiger partial charge in [-0.25, -0.2) is 0 Å². The zero-order valence-electron chi connectivity index (χ0n) is 11.0. The average molecular weight is 271 g/mol. The van der Waals surface area contributed by atoms with Gasteiger partial charge in [0.1, 0.15) is 23.9 Å². The molecule has 1 unspecified atom stereocenters. The molecule has 0 saturated heterocycles. The number of ether oxygens (including phenoxy) is 1. The zero-order chi connectivity index (χ0) is 13.9. The Bertz CT molecular complexity index is 595. The second kappa shape index (κ2) is 5.43. The number of benzene rings is 2. The first-order chi connectivity index (χ1) is 9.72. The molecule has 0 amide bonds. The highest BCUT2D eigenvalue weighted by Crippen LogP contribution is 2.34. The van der Waals surface area contributed by atoms with Crippen LogP contribution in [0.1, 0.15) is 17.2 Å². The summed E-state index contributed by atoms with van der Waals surface area (Å²) in [6, 6.07) is 12.7. The van der Waals surface area contributed by atoms with E-state index in [0.717, 1.165) is 24.3 Å². The molecular weight excluding hydrogens is 254 g/mol.